The molecule has 11 heteroatoms. The molecule has 1 aliphatic carbocycles. The molecule has 2 aromatic rings. The Bertz CT molecular complexity index is 1370. The Morgan fingerprint density at radius 1 is 0.975 bits per heavy atom. The van der Waals surface area contributed by atoms with Crippen LogP contribution < -0.4 is 10.2 Å². The second-order valence-electron chi connectivity index (χ2n) is 11.2. The quantitative estimate of drug-likeness (QED) is 0.573. The average molecular weight is 587 g/mol. The Kier molecular flexibility index (Phi) is 7.65. The Morgan fingerprint density at radius 3 is 2.42 bits per heavy atom. The summed E-state index contributed by atoms with van der Waals surface area (Å²) in [6.07, 6.45) is 3.82. The van der Waals surface area contributed by atoms with Gasteiger partial charge in [0.05, 0.1) is 28.6 Å². The summed E-state index contributed by atoms with van der Waals surface area (Å²) in [5.74, 6) is -0.569. The number of imide groups is 1. The number of nitrogens with zero attached hydrogens (tertiary/aromatic N) is 3. The Labute approximate surface area is 240 Å². The van der Waals surface area contributed by atoms with Gasteiger partial charge in [0.2, 0.25) is 15.9 Å². The number of amides is 3. The molecule has 3 heterocycles. The molecule has 3 aliphatic heterocycles. The Hall–Kier alpha value is -2.50. The van der Waals surface area contributed by atoms with Crippen molar-refractivity contribution in [3.63, 3.8) is 0 Å². The highest BCUT2D eigenvalue weighted by Crippen LogP contribution is 2.43. The van der Waals surface area contributed by atoms with E-state index in [-0.39, 0.29) is 47.0 Å². The van der Waals surface area contributed by atoms with Crippen LogP contribution in [0.4, 0.5) is 10.5 Å². The number of urea groups is 1. The van der Waals surface area contributed by atoms with E-state index in [9.17, 15) is 18.0 Å². The van der Waals surface area contributed by atoms with Crippen LogP contribution in [-0.2, 0) is 19.6 Å². The first kappa shape index (κ1) is 27.7. The third-order valence-corrected chi connectivity index (χ3v) is 11.3. The van der Waals surface area contributed by atoms with E-state index >= 15 is 0 Å². The number of anilines is 1. The standard InChI is InChI=1S/C29H35ClN4O5S/c1-39-25-12-6-11-23-26(25)31-18-24-27(23)33(29(36)34(28(24)35)21-8-5-7-19(30)17-21)20-13-15-32(16-14-20)40(37,38)22-9-3-2-4-10-22/h2-5,7-10,17,20,23-27,31H,6,11-16,18H2,1H3. The van der Waals surface area contributed by atoms with E-state index in [1.54, 1.807) is 61.7 Å². The average Bonchev–Trinajstić information content (AvgIpc) is 2.97. The molecule has 2 aromatic carbocycles. The molecule has 1 saturated carbocycles. The number of ether oxygens (including phenoxy) is 1. The van der Waals surface area contributed by atoms with Crippen LogP contribution in [0.5, 0.6) is 0 Å². The number of benzene rings is 2. The third-order valence-electron chi connectivity index (χ3n) is 9.15. The summed E-state index contributed by atoms with van der Waals surface area (Å²) in [5, 5.41) is 4.04. The van der Waals surface area contributed by atoms with Crippen molar-refractivity contribution in [3.05, 3.63) is 59.6 Å². The molecule has 0 radical (unpaired) electrons. The summed E-state index contributed by atoms with van der Waals surface area (Å²) in [7, 11) is -1.90. The number of halogens is 1. The maximum absolute atomic E-state index is 14.3. The maximum atomic E-state index is 14.3. The van der Waals surface area contributed by atoms with Gasteiger partial charge in [0, 0.05) is 43.9 Å². The third kappa shape index (κ3) is 4.73. The minimum absolute atomic E-state index is 0.0237. The first-order chi connectivity index (χ1) is 19.3. The first-order valence-electron chi connectivity index (χ1n) is 14.0. The van der Waals surface area contributed by atoms with Crippen molar-refractivity contribution in [3.8, 4) is 0 Å². The first-order valence-corrected chi connectivity index (χ1v) is 15.9. The second-order valence-corrected chi connectivity index (χ2v) is 13.6. The highest BCUT2D eigenvalue weighted by Gasteiger charge is 2.57. The van der Waals surface area contributed by atoms with Crippen LogP contribution in [0.25, 0.3) is 0 Å². The van der Waals surface area contributed by atoms with E-state index in [0.717, 1.165) is 19.3 Å². The van der Waals surface area contributed by atoms with E-state index in [0.29, 0.717) is 43.2 Å². The predicted octanol–water partition coefficient (Wildman–Crippen LogP) is 3.73. The molecule has 6 rings (SSSR count). The lowest BCUT2D eigenvalue weighted by molar-refractivity contribution is -0.132. The van der Waals surface area contributed by atoms with Gasteiger partial charge in [0.15, 0.2) is 0 Å². The van der Waals surface area contributed by atoms with Crippen molar-refractivity contribution in [1.29, 1.82) is 0 Å². The van der Waals surface area contributed by atoms with Gasteiger partial charge in [0.25, 0.3) is 0 Å². The highest BCUT2D eigenvalue weighted by atomic mass is 35.5. The fourth-order valence-electron chi connectivity index (χ4n) is 7.29. The van der Waals surface area contributed by atoms with E-state index in [2.05, 4.69) is 5.32 Å². The molecule has 4 aliphatic rings. The molecule has 3 amide bonds. The lowest BCUT2D eigenvalue weighted by Gasteiger charge is -2.57. The molecular formula is C29H35ClN4O5S. The molecule has 1 N–H and O–H groups in total. The number of nitrogens with one attached hydrogen (secondary N) is 1. The number of piperidine rings is 2. The number of sulfonamides is 1. The summed E-state index contributed by atoms with van der Waals surface area (Å²) >= 11 is 6.26. The molecule has 5 atom stereocenters. The zero-order valence-corrected chi connectivity index (χ0v) is 24.1. The summed E-state index contributed by atoms with van der Waals surface area (Å²) in [6, 6.07) is 14.5. The van der Waals surface area contributed by atoms with Gasteiger partial charge in [0.1, 0.15) is 0 Å². The number of carbonyl (C=O) groups is 2. The smallest absolute Gasteiger partial charge is 0.331 e. The zero-order chi connectivity index (χ0) is 28.0. The molecule has 3 saturated heterocycles. The van der Waals surface area contributed by atoms with Gasteiger partial charge in [-0.1, -0.05) is 42.3 Å². The zero-order valence-electron chi connectivity index (χ0n) is 22.5. The molecule has 0 spiro atoms. The van der Waals surface area contributed by atoms with Crippen molar-refractivity contribution >= 4 is 39.2 Å². The fourth-order valence-corrected chi connectivity index (χ4v) is 8.97. The highest BCUT2D eigenvalue weighted by molar-refractivity contribution is 7.89. The van der Waals surface area contributed by atoms with Crippen molar-refractivity contribution in [2.45, 2.75) is 61.2 Å². The SMILES string of the molecule is COC1CCCC2C1NCC1C(=O)N(c3cccc(Cl)c3)C(=O)N(C3CCN(S(=O)(=O)c4ccccc4)CC3)C12. The lowest BCUT2D eigenvalue weighted by Crippen LogP contribution is -2.74. The molecule has 9 nitrogen and oxygen atoms in total. The summed E-state index contributed by atoms with van der Waals surface area (Å²) in [5.41, 5.74) is 0.454. The summed E-state index contributed by atoms with van der Waals surface area (Å²) in [6.45, 7) is 1.06. The molecule has 5 unspecified atom stereocenters. The van der Waals surface area contributed by atoms with E-state index < -0.39 is 15.9 Å². The van der Waals surface area contributed by atoms with Crippen molar-refractivity contribution in [2.75, 3.05) is 31.6 Å². The van der Waals surface area contributed by atoms with Crippen LogP contribution in [0.1, 0.15) is 32.1 Å². The molecule has 214 valence electrons. The number of methoxy groups -OCH3 is 1. The number of hydrogen-bond donors (Lipinski definition) is 1. The summed E-state index contributed by atoms with van der Waals surface area (Å²) < 4.78 is 33.9. The van der Waals surface area contributed by atoms with Crippen LogP contribution in [0.2, 0.25) is 5.02 Å². The van der Waals surface area contributed by atoms with Gasteiger partial charge >= 0.3 is 6.03 Å². The van der Waals surface area contributed by atoms with Gasteiger partial charge < -0.3 is 15.0 Å². The minimum Gasteiger partial charge on any atom is -0.380 e. The predicted molar refractivity (Wildman–Crippen MR) is 152 cm³/mol. The van der Waals surface area contributed by atoms with Gasteiger partial charge in [-0.3, -0.25) is 4.79 Å². The normalized spacial score (nSPS) is 30.2. The maximum Gasteiger partial charge on any atom is 0.331 e. The van der Waals surface area contributed by atoms with Crippen molar-refractivity contribution in [1.82, 2.24) is 14.5 Å². The fraction of sp³-hybridized carbons (Fsp3) is 0.517. The minimum atomic E-state index is -3.63. The van der Waals surface area contributed by atoms with Crippen LogP contribution >= 0.6 is 11.6 Å². The van der Waals surface area contributed by atoms with Crippen molar-refractivity contribution < 1.29 is 22.7 Å². The molecule has 0 aromatic heterocycles. The second kappa shape index (κ2) is 11.1. The number of rotatable bonds is 5. The molecular weight excluding hydrogens is 552 g/mol. The van der Waals surface area contributed by atoms with Crippen LogP contribution in [-0.4, -0.2) is 80.5 Å². The van der Waals surface area contributed by atoms with Crippen LogP contribution in [0.3, 0.4) is 0 Å². The van der Waals surface area contributed by atoms with Gasteiger partial charge in [-0.25, -0.2) is 18.1 Å². The molecule has 4 fully saturated rings. The largest absolute Gasteiger partial charge is 0.380 e. The molecule has 40 heavy (non-hydrogen) atoms. The molecule has 0 bridgehead atoms. The van der Waals surface area contributed by atoms with E-state index in [1.807, 2.05) is 4.90 Å². The monoisotopic (exact) mass is 586 g/mol. The number of carbonyl (C=O) groups excluding carboxylic acids is 2. The Morgan fingerprint density at radius 2 is 1.73 bits per heavy atom. The van der Waals surface area contributed by atoms with Crippen LogP contribution in [0, 0.1) is 11.8 Å². The van der Waals surface area contributed by atoms with E-state index in [4.69, 9.17) is 16.3 Å². The van der Waals surface area contributed by atoms with Gasteiger partial charge in [-0.2, -0.15) is 4.31 Å². The topological polar surface area (TPSA) is 99.3 Å². The summed E-state index contributed by atoms with van der Waals surface area (Å²) in [4.78, 5) is 31.8. The number of fused-ring (bicyclic) bond motifs is 3. The van der Waals surface area contributed by atoms with E-state index in [1.165, 1.54) is 9.21 Å². The van der Waals surface area contributed by atoms with Crippen LogP contribution in [0.15, 0.2) is 59.5 Å². The van der Waals surface area contributed by atoms with Crippen molar-refractivity contribution in [2.24, 2.45) is 11.8 Å². The lowest BCUT2D eigenvalue weighted by atomic mass is 9.69. The van der Waals surface area contributed by atoms with Gasteiger partial charge in [-0.15, -0.1) is 0 Å². The Balaban J connectivity index is 1.32. The van der Waals surface area contributed by atoms with Gasteiger partial charge in [-0.05, 0) is 61.9 Å². The number of hydrogen-bond acceptors (Lipinski definition) is 6.